The molecule has 2 aromatic heterocycles. The summed E-state index contributed by atoms with van der Waals surface area (Å²) >= 11 is 2.50. The lowest BCUT2D eigenvalue weighted by Gasteiger charge is -2.49. The number of carbonyl (C=O) groups excluding carboxylic acids is 4. The molecule has 0 saturated carbocycles. The molecule has 334 valence electrons. The minimum absolute atomic E-state index is 0.0102. The Morgan fingerprint density at radius 1 is 0.892 bits per heavy atom. The van der Waals surface area contributed by atoms with Gasteiger partial charge in [0.15, 0.2) is 10.8 Å². The van der Waals surface area contributed by atoms with Gasteiger partial charge in [-0.2, -0.15) is 0 Å². The van der Waals surface area contributed by atoms with Crippen molar-refractivity contribution < 1.29 is 33.5 Å². The number of benzene rings is 3. The second-order valence-electron chi connectivity index (χ2n) is 15.1. The summed E-state index contributed by atoms with van der Waals surface area (Å²) in [7, 11) is 0. The molecule has 0 aliphatic carbocycles. The van der Waals surface area contributed by atoms with Crippen molar-refractivity contribution in [3.05, 3.63) is 178 Å². The van der Waals surface area contributed by atoms with Gasteiger partial charge in [0.25, 0.3) is 11.8 Å². The van der Waals surface area contributed by atoms with Gasteiger partial charge in [0, 0.05) is 40.2 Å². The summed E-state index contributed by atoms with van der Waals surface area (Å²) in [5, 5.41) is 8.55. The first-order valence-electron chi connectivity index (χ1n) is 21.5. The van der Waals surface area contributed by atoms with Crippen LogP contribution in [0.1, 0.15) is 73.9 Å². The molecule has 0 radical (unpaired) electrons. The van der Waals surface area contributed by atoms with E-state index in [1.807, 2.05) is 104 Å². The van der Waals surface area contributed by atoms with Crippen LogP contribution in [-0.4, -0.2) is 74.7 Å². The van der Waals surface area contributed by atoms with E-state index in [4.69, 9.17) is 20.0 Å². The number of rotatable bonds is 20. The van der Waals surface area contributed by atoms with Crippen molar-refractivity contribution in [2.45, 2.75) is 63.0 Å². The number of β-lactam (4-membered cyclic amide) rings is 1. The van der Waals surface area contributed by atoms with Gasteiger partial charge in [-0.25, -0.2) is 14.6 Å². The van der Waals surface area contributed by atoms with Crippen LogP contribution >= 0.6 is 23.1 Å². The van der Waals surface area contributed by atoms with Gasteiger partial charge < -0.3 is 25.4 Å². The molecule has 3 N–H and O–H groups in total. The van der Waals surface area contributed by atoms with E-state index >= 15 is 0 Å². The molecule has 7 rings (SSSR count). The monoisotopic (exact) mass is 910 g/mol. The number of hydrogen-bond acceptors (Lipinski definition) is 13. The zero-order valence-electron chi connectivity index (χ0n) is 36.1. The molecule has 0 bridgehead atoms. The Labute approximate surface area is 386 Å². The number of thioether (sulfide) groups is 1. The van der Waals surface area contributed by atoms with Crippen molar-refractivity contribution >= 4 is 63.8 Å². The highest BCUT2D eigenvalue weighted by molar-refractivity contribution is 8.00. The summed E-state index contributed by atoms with van der Waals surface area (Å²) in [6.45, 7) is 3.89. The van der Waals surface area contributed by atoms with Gasteiger partial charge in [-0.05, 0) is 30.0 Å². The number of carbonyl (C=O) groups is 4. The van der Waals surface area contributed by atoms with Gasteiger partial charge in [-0.3, -0.25) is 19.5 Å². The minimum Gasteiger partial charge on any atom is -0.462 e. The van der Waals surface area contributed by atoms with E-state index in [0.29, 0.717) is 17.7 Å². The number of nitrogens with zero attached hydrogens (tertiary/aromatic N) is 4. The number of amides is 2. The van der Waals surface area contributed by atoms with Crippen molar-refractivity contribution in [1.82, 2.24) is 20.2 Å². The van der Waals surface area contributed by atoms with E-state index in [2.05, 4.69) is 27.4 Å². The zero-order chi connectivity index (χ0) is 45.6. The largest absolute Gasteiger partial charge is 0.462 e. The zero-order valence-corrected chi connectivity index (χ0v) is 37.8. The summed E-state index contributed by atoms with van der Waals surface area (Å²) in [6.07, 6.45) is 12.8. The third-order valence-electron chi connectivity index (χ3n) is 10.7. The van der Waals surface area contributed by atoms with Crippen molar-refractivity contribution in [3.8, 4) is 0 Å². The van der Waals surface area contributed by atoms with Crippen LogP contribution in [0.3, 0.4) is 0 Å². The number of unbranched alkanes of at least 4 members (excludes halogenated alkanes) is 3. The molecule has 0 unspecified atom stereocenters. The summed E-state index contributed by atoms with van der Waals surface area (Å²) in [4.78, 5) is 72.5. The number of thiazole rings is 1. The second kappa shape index (κ2) is 22.2. The number of nitrogens with two attached hydrogens (primary N) is 1. The molecule has 2 atom stereocenters. The highest BCUT2D eigenvalue weighted by Gasteiger charge is 2.54. The average molecular weight is 911 g/mol. The van der Waals surface area contributed by atoms with E-state index in [9.17, 15) is 19.2 Å². The quantitative estimate of drug-likeness (QED) is 0.0147. The average Bonchev–Trinajstić information content (AvgIpc) is 3.78. The lowest BCUT2D eigenvalue weighted by Crippen LogP contribution is -2.71. The number of aromatic nitrogens is 2. The summed E-state index contributed by atoms with van der Waals surface area (Å²) in [6, 6.07) is 31.3. The van der Waals surface area contributed by atoms with Crippen molar-refractivity contribution in [1.29, 1.82) is 0 Å². The maximum Gasteiger partial charge on any atom is 0.355 e. The predicted molar refractivity (Wildman–Crippen MR) is 253 cm³/mol. The molecule has 2 aliphatic heterocycles. The number of fused-ring (bicyclic) bond motifs is 1. The van der Waals surface area contributed by atoms with Crippen molar-refractivity contribution in [2.24, 2.45) is 5.16 Å². The Kier molecular flexibility index (Phi) is 15.8. The van der Waals surface area contributed by atoms with Crippen molar-refractivity contribution in [2.75, 3.05) is 24.7 Å². The van der Waals surface area contributed by atoms with Crippen LogP contribution in [0.15, 0.2) is 155 Å². The molecule has 65 heavy (non-hydrogen) atoms. The molecular formula is C50H50N6O7S2. The number of oxime groups is 1. The molecule has 0 spiro atoms. The second-order valence-corrected chi connectivity index (χ2v) is 17.1. The first-order chi connectivity index (χ1) is 31.7. The van der Waals surface area contributed by atoms with Crippen LogP contribution in [0.4, 0.5) is 5.13 Å². The molecule has 13 nitrogen and oxygen atoms in total. The Hall–Kier alpha value is -6.84. The molecular weight excluding hydrogens is 861 g/mol. The highest BCUT2D eigenvalue weighted by atomic mass is 32.2. The highest BCUT2D eigenvalue weighted by Crippen LogP contribution is 2.43. The number of ether oxygens (including phenoxy) is 2. The molecule has 15 heteroatoms. The van der Waals surface area contributed by atoms with E-state index in [1.165, 1.54) is 16.7 Å². The third kappa shape index (κ3) is 10.8. The van der Waals surface area contributed by atoms with Gasteiger partial charge in [0.1, 0.15) is 29.4 Å². The van der Waals surface area contributed by atoms with Crippen LogP contribution in [-0.2, 0) is 39.1 Å². The Morgan fingerprint density at radius 3 is 2.15 bits per heavy atom. The third-order valence-corrected chi connectivity index (χ3v) is 12.7. The number of hydrogen-bond donors (Lipinski definition) is 2. The van der Waals surface area contributed by atoms with Crippen LogP contribution in [0.2, 0.25) is 0 Å². The summed E-state index contributed by atoms with van der Waals surface area (Å²) < 4.78 is 11.3. The molecule has 2 aliphatic rings. The molecule has 2 amide bonds. The van der Waals surface area contributed by atoms with Crippen LogP contribution in [0, 0.1) is 0 Å². The van der Waals surface area contributed by atoms with Crippen LogP contribution in [0.5, 0.6) is 0 Å². The van der Waals surface area contributed by atoms with Crippen LogP contribution in [0.25, 0.3) is 6.08 Å². The predicted octanol–water partition coefficient (Wildman–Crippen LogP) is 8.20. The van der Waals surface area contributed by atoms with E-state index in [0.717, 1.165) is 59.3 Å². The van der Waals surface area contributed by atoms with Gasteiger partial charge in [0.05, 0.1) is 12.2 Å². The SMILES string of the molecule is CC/C=C(\COC(=O)C1=C(/C=C\c2cccnc2)CS[C@H]2[C@H](NC(=O)C(=NOC(c3ccccc3)(c3ccccc3)c3ccccc3)c3csc(N)n3)C(=O)N12)C(=O)OCCCCCC. The number of pyridine rings is 1. The standard InChI is InChI=1S/C50H50N6O7S2/c1-3-5-6-16-29-61-47(59)35(18-4-2)31-62-48(60)43-36(27-26-34-19-17-28-52-30-34)32-64-46-42(45(58)56(43)46)54-44(57)41(40-33-65-49(51)53-40)55-63-50(37-20-10-7-11-21-37,38-22-12-8-13-23-38)39-24-14-9-15-25-39/h7-15,17-28,30,33,42,46H,3-6,16,29,31-32H2,1-2H3,(H2,51,53)(H,54,57)/b27-26-,35-18+,55-41?/t42-,46+/m1/s1. The van der Waals surface area contributed by atoms with Crippen molar-refractivity contribution in [3.63, 3.8) is 0 Å². The van der Waals surface area contributed by atoms with E-state index < -0.39 is 40.8 Å². The van der Waals surface area contributed by atoms with Crippen LogP contribution < -0.4 is 11.1 Å². The summed E-state index contributed by atoms with van der Waals surface area (Å²) in [5.74, 6) is -2.35. The lowest BCUT2D eigenvalue weighted by atomic mass is 9.80. The topological polar surface area (TPSA) is 175 Å². The first kappa shape index (κ1) is 46.2. The van der Waals surface area contributed by atoms with E-state index in [1.54, 1.807) is 42.1 Å². The van der Waals surface area contributed by atoms with Gasteiger partial charge in [-0.1, -0.05) is 154 Å². The lowest BCUT2D eigenvalue weighted by molar-refractivity contribution is -0.152. The number of anilines is 1. The van der Waals surface area contributed by atoms with Gasteiger partial charge in [-0.15, -0.1) is 23.1 Å². The first-order valence-corrected chi connectivity index (χ1v) is 23.4. The van der Waals surface area contributed by atoms with E-state index in [-0.39, 0.29) is 41.0 Å². The molecule has 5 aromatic rings. The number of allylic oxidation sites excluding steroid dienone is 2. The smallest absolute Gasteiger partial charge is 0.355 e. The number of nitrogen functional groups attached to an aromatic ring is 1. The fourth-order valence-electron chi connectivity index (χ4n) is 7.48. The Balaban J connectivity index is 1.17. The Bertz CT molecular complexity index is 2470. The fraction of sp³-hybridized carbons (Fsp3) is 0.260. The minimum atomic E-state index is -1.32. The maximum absolute atomic E-state index is 14.5. The van der Waals surface area contributed by atoms with Gasteiger partial charge in [0.2, 0.25) is 5.60 Å². The Morgan fingerprint density at radius 2 is 1.57 bits per heavy atom. The van der Waals surface area contributed by atoms with Gasteiger partial charge >= 0.3 is 11.9 Å². The summed E-state index contributed by atoms with van der Waals surface area (Å²) in [5.41, 5.74) is 8.46. The maximum atomic E-state index is 14.5. The fourth-order valence-corrected chi connectivity index (χ4v) is 9.34. The number of esters is 2. The normalized spacial score (nSPS) is 16.5. The molecule has 4 heterocycles. The molecule has 1 fully saturated rings. The molecule has 3 aromatic carbocycles. The number of nitrogens with one attached hydrogen (secondary N) is 1. The molecule has 1 saturated heterocycles.